The van der Waals surface area contributed by atoms with Crippen LogP contribution in [0.5, 0.6) is 0 Å². The van der Waals surface area contributed by atoms with Crippen molar-refractivity contribution in [2.75, 3.05) is 5.32 Å². The summed E-state index contributed by atoms with van der Waals surface area (Å²) in [6, 6.07) is 7.42. The fraction of sp³-hybridized carbons (Fsp3) is 0.200. The van der Waals surface area contributed by atoms with Crippen molar-refractivity contribution >= 4 is 34.7 Å². The summed E-state index contributed by atoms with van der Waals surface area (Å²) >= 11 is 7.44. The van der Waals surface area contributed by atoms with E-state index in [1.165, 1.54) is 0 Å². The number of aromatic nitrogens is 4. The van der Waals surface area contributed by atoms with Crippen molar-refractivity contribution < 1.29 is 4.79 Å². The fourth-order valence-electron chi connectivity index (χ4n) is 2.87. The Bertz CT molecular complexity index is 872. The van der Waals surface area contributed by atoms with Gasteiger partial charge in [-0.15, -0.1) is 21.5 Å². The Morgan fingerprint density at radius 1 is 1.35 bits per heavy atom. The molecule has 0 aromatic carbocycles. The van der Waals surface area contributed by atoms with Gasteiger partial charge in [0.1, 0.15) is 5.82 Å². The molecule has 23 heavy (non-hydrogen) atoms. The molecule has 0 radical (unpaired) electrons. The number of hydrogen-bond acceptors (Lipinski definition) is 5. The second kappa shape index (κ2) is 5.43. The van der Waals surface area contributed by atoms with Gasteiger partial charge >= 0.3 is 0 Å². The van der Waals surface area contributed by atoms with Crippen LogP contribution in [0.15, 0.2) is 29.6 Å². The first kappa shape index (κ1) is 14.3. The molecule has 1 aliphatic heterocycles. The van der Waals surface area contributed by atoms with E-state index in [0.717, 1.165) is 16.1 Å². The minimum atomic E-state index is -0.0287. The molecule has 1 atom stereocenters. The van der Waals surface area contributed by atoms with Gasteiger partial charge in [-0.05, 0) is 30.5 Å². The predicted molar refractivity (Wildman–Crippen MR) is 88.3 cm³/mol. The van der Waals surface area contributed by atoms with Crippen molar-refractivity contribution in [2.45, 2.75) is 19.3 Å². The number of fused-ring (bicyclic) bond motifs is 1. The maximum absolute atomic E-state index is 12.2. The average molecular weight is 346 g/mol. The van der Waals surface area contributed by atoms with E-state index >= 15 is 0 Å². The second-order valence-electron chi connectivity index (χ2n) is 5.29. The number of carbonyl (C=O) groups is 1. The third kappa shape index (κ3) is 2.42. The Morgan fingerprint density at radius 3 is 2.91 bits per heavy atom. The monoisotopic (exact) mass is 345 g/mol. The first-order valence-corrected chi connectivity index (χ1v) is 8.31. The van der Waals surface area contributed by atoms with Crippen LogP contribution in [0.25, 0.3) is 5.82 Å². The normalized spacial score (nSPS) is 17.0. The Labute approximate surface area is 141 Å². The Morgan fingerprint density at radius 2 is 2.22 bits per heavy atom. The van der Waals surface area contributed by atoms with E-state index in [2.05, 4.69) is 26.7 Å². The lowest BCUT2D eigenvalue weighted by Gasteiger charge is -2.22. The SMILES string of the molecule is Cc1nn(-c2ccc(Cl)nn2)c2c1[C@@H](c1cccs1)CC(=O)N2. The van der Waals surface area contributed by atoms with E-state index in [1.807, 2.05) is 18.4 Å². The zero-order chi connectivity index (χ0) is 16.0. The predicted octanol–water partition coefficient (Wildman–Crippen LogP) is 3.16. The highest BCUT2D eigenvalue weighted by molar-refractivity contribution is 7.10. The minimum Gasteiger partial charge on any atom is -0.310 e. The van der Waals surface area contributed by atoms with Gasteiger partial charge in [-0.1, -0.05) is 17.7 Å². The van der Waals surface area contributed by atoms with Gasteiger partial charge < -0.3 is 5.32 Å². The van der Waals surface area contributed by atoms with Crippen LogP contribution in [-0.2, 0) is 4.79 Å². The van der Waals surface area contributed by atoms with E-state index < -0.39 is 0 Å². The Hall–Kier alpha value is -2.25. The molecule has 0 spiro atoms. The van der Waals surface area contributed by atoms with E-state index in [4.69, 9.17) is 11.6 Å². The standard InChI is InChI=1S/C15H12ClN5OS/c1-8-14-9(10-3-2-6-23-10)7-13(22)17-15(14)21(20-8)12-5-4-11(16)18-19-12/h2-6,9H,7H2,1H3,(H,17,22)/t9-/m1/s1. The van der Waals surface area contributed by atoms with Gasteiger partial charge in [0.2, 0.25) is 5.91 Å². The second-order valence-corrected chi connectivity index (χ2v) is 6.66. The molecule has 0 saturated carbocycles. The molecule has 0 unspecified atom stereocenters. The smallest absolute Gasteiger partial charge is 0.226 e. The minimum absolute atomic E-state index is 0.0211. The molecule has 0 fully saturated rings. The highest BCUT2D eigenvalue weighted by Gasteiger charge is 2.33. The number of thiophene rings is 1. The number of halogens is 1. The van der Waals surface area contributed by atoms with Gasteiger partial charge in [-0.3, -0.25) is 4.79 Å². The summed E-state index contributed by atoms with van der Waals surface area (Å²) in [5.74, 6) is 1.17. The highest BCUT2D eigenvalue weighted by atomic mass is 35.5. The number of rotatable bonds is 2. The van der Waals surface area contributed by atoms with Gasteiger partial charge in [0.15, 0.2) is 11.0 Å². The Kier molecular flexibility index (Phi) is 3.39. The largest absolute Gasteiger partial charge is 0.310 e. The molecular weight excluding hydrogens is 334 g/mol. The number of aryl methyl sites for hydroxylation is 1. The van der Waals surface area contributed by atoms with Crippen LogP contribution in [0.1, 0.15) is 28.5 Å². The van der Waals surface area contributed by atoms with Crippen molar-refractivity contribution in [1.82, 2.24) is 20.0 Å². The number of anilines is 1. The van der Waals surface area contributed by atoms with Crippen LogP contribution in [0.3, 0.4) is 0 Å². The van der Waals surface area contributed by atoms with Gasteiger partial charge in [0.05, 0.1) is 5.69 Å². The molecule has 4 heterocycles. The van der Waals surface area contributed by atoms with Crippen molar-refractivity contribution in [3.63, 3.8) is 0 Å². The molecule has 116 valence electrons. The summed E-state index contributed by atoms with van der Waals surface area (Å²) < 4.78 is 1.62. The molecular formula is C15H12ClN5OS. The van der Waals surface area contributed by atoms with Crippen molar-refractivity contribution in [2.24, 2.45) is 0 Å². The van der Waals surface area contributed by atoms with E-state index in [1.54, 1.807) is 28.2 Å². The topological polar surface area (TPSA) is 72.7 Å². The number of amides is 1. The lowest BCUT2D eigenvalue weighted by molar-refractivity contribution is -0.116. The van der Waals surface area contributed by atoms with Crippen LogP contribution in [-0.4, -0.2) is 25.9 Å². The summed E-state index contributed by atoms with van der Waals surface area (Å²) in [6.07, 6.45) is 0.423. The summed E-state index contributed by atoms with van der Waals surface area (Å²) in [5, 5.41) is 17.7. The molecule has 0 aliphatic carbocycles. The third-order valence-electron chi connectivity index (χ3n) is 3.82. The number of nitrogens with one attached hydrogen (secondary N) is 1. The van der Waals surface area contributed by atoms with Crippen LogP contribution in [0.4, 0.5) is 5.82 Å². The average Bonchev–Trinajstić information content (AvgIpc) is 3.16. The Balaban J connectivity index is 1.88. The first-order valence-electron chi connectivity index (χ1n) is 7.06. The summed E-state index contributed by atoms with van der Waals surface area (Å²) in [7, 11) is 0. The quantitative estimate of drug-likeness (QED) is 0.774. The first-order chi connectivity index (χ1) is 11.1. The van der Waals surface area contributed by atoms with Crippen LogP contribution in [0.2, 0.25) is 5.15 Å². The highest BCUT2D eigenvalue weighted by Crippen LogP contribution is 2.41. The zero-order valence-corrected chi connectivity index (χ0v) is 13.7. The summed E-state index contributed by atoms with van der Waals surface area (Å²) in [5.41, 5.74) is 1.90. The van der Waals surface area contributed by atoms with Crippen LogP contribution < -0.4 is 5.32 Å². The number of nitrogens with zero attached hydrogens (tertiary/aromatic N) is 4. The molecule has 0 bridgehead atoms. The van der Waals surface area contributed by atoms with Gasteiger partial charge in [-0.2, -0.15) is 9.78 Å². The third-order valence-corrected chi connectivity index (χ3v) is 5.01. The number of carbonyl (C=O) groups excluding carboxylic acids is 1. The zero-order valence-electron chi connectivity index (χ0n) is 12.2. The molecule has 3 aromatic rings. The van der Waals surface area contributed by atoms with Crippen molar-refractivity contribution in [3.8, 4) is 5.82 Å². The molecule has 1 amide bonds. The molecule has 8 heteroatoms. The number of hydrogen-bond donors (Lipinski definition) is 1. The lowest BCUT2D eigenvalue weighted by atomic mass is 9.91. The molecule has 1 aliphatic rings. The molecule has 0 saturated heterocycles. The van der Waals surface area contributed by atoms with E-state index in [9.17, 15) is 4.79 Å². The fourth-order valence-corrected chi connectivity index (χ4v) is 3.81. The maximum Gasteiger partial charge on any atom is 0.226 e. The van der Waals surface area contributed by atoms with Gasteiger partial charge in [0.25, 0.3) is 0 Å². The van der Waals surface area contributed by atoms with Crippen LogP contribution >= 0.6 is 22.9 Å². The maximum atomic E-state index is 12.2. The molecule has 4 rings (SSSR count). The molecule has 3 aromatic heterocycles. The van der Waals surface area contributed by atoms with Crippen molar-refractivity contribution in [1.29, 1.82) is 0 Å². The summed E-state index contributed by atoms with van der Waals surface area (Å²) in [4.78, 5) is 13.3. The van der Waals surface area contributed by atoms with E-state index in [0.29, 0.717) is 23.2 Å². The van der Waals surface area contributed by atoms with Gasteiger partial charge in [-0.25, -0.2) is 0 Å². The summed E-state index contributed by atoms with van der Waals surface area (Å²) in [6.45, 7) is 1.94. The lowest BCUT2D eigenvalue weighted by Crippen LogP contribution is -2.24. The molecule has 6 nitrogen and oxygen atoms in total. The van der Waals surface area contributed by atoms with Crippen LogP contribution in [0, 0.1) is 6.92 Å². The van der Waals surface area contributed by atoms with Gasteiger partial charge in [0, 0.05) is 22.8 Å². The molecule has 1 N–H and O–H groups in total. The van der Waals surface area contributed by atoms with E-state index in [-0.39, 0.29) is 11.8 Å². The van der Waals surface area contributed by atoms with Crippen molar-refractivity contribution in [3.05, 3.63) is 50.9 Å².